The number of hydrogen-bond donors (Lipinski definition) is 2. The molecule has 3 aromatic heterocycles. The van der Waals surface area contributed by atoms with Gasteiger partial charge in [-0.15, -0.1) is 11.3 Å². The van der Waals surface area contributed by atoms with Gasteiger partial charge in [-0.25, -0.2) is 24.5 Å². The van der Waals surface area contributed by atoms with Crippen LogP contribution >= 0.6 is 11.3 Å². The number of carbonyl (C=O) groups is 2. The number of rotatable bonds is 7. The van der Waals surface area contributed by atoms with E-state index < -0.39 is 5.97 Å². The van der Waals surface area contributed by atoms with E-state index in [0.29, 0.717) is 44.5 Å². The molecule has 0 atom stereocenters. The first-order valence-corrected chi connectivity index (χ1v) is 13.4. The normalized spacial score (nSPS) is 13.1. The van der Waals surface area contributed by atoms with Crippen LogP contribution in [0, 0.1) is 0 Å². The number of nitrogens with one attached hydrogen (secondary N) is 2. The van der Waals surface area contributed by atoms with Crippen molar-refractivity contribution >= 4 is 35.0 Å². The molecular weight excluding hydrogens is 516 g/mol. The molecule has 0 aliphatic carbocycles. The highest BCUT2D eigenvalue weighted by Gasteiger charge is 2.21. The molecule has 0 spiro atoms. The summed E-state index contributed by atoms with van der Waals surface area (Å²) in [6.45, 7) is 4.80. The minimum atomic E-state index is -0.531. The number of morpholine rings is 1. The number of amides is 2. The van der Waals surface area contributed by atoms with Gasteiger partial charge in [-0.2, -0.15) is 0 Å². The lowest BCUT2D eigenvalue weighted by Crippen LogP contribution is -2.37. The third kappa shape index (κ3) is 6.05. The zero-order valence-electron chi connectivity index (χ0n) is 21.6. The van der Waals surface area contributed by atoms with Crippen molar-refractivity contribution in [2.45, 2.75) is 6.92 Å². The number of pyridine rings is 2. The van der Waals surface area contributed by atoms with Crippen LogP contribution in [0.4, 0.5) is 16.4 Å². The molecule has 1 aliphatic heterocycles. The molecule has 4 heterocycles. The molecule has 0 radical (unpaired) electrons. The average molecular weight is 545 g/mol. The first kappa shape index (κ1) is 26.3. The van der Waals surface area contributed by atoms with Crippen LogP contribution in [0.15, 0.2) is 60.1 Å². The summed E-state index contributed by atoms with van der Waals surface area (Å²) >= 11 is 1.49. The van der Waals surface area contributed by atoms with E-state index in [9.17, 15) is 9.59 Å². The highest BCUT2D eigenvalue weighted by molar-refractivity contribution is 7.13. The minimum Gasteiger partial charge on any atom is -0.464 e. The number of carbonyl (C=O) groups excluding carboxylic acids is 2. The Morgan fingerprint density at radius 2 is 1.85 bits per heavy atom. The van der Waals surface area contributed by atoms with Crippen LogP contribution in [0.2, 0.25) is 0 Å². The molecule has 11 heteroatoms. The molecule has 0 bridgehead atoms. The number of hydrogen-bond acceptors (Lipinski definition) is 9. The number of aromatic nitrogens is 3. The fourth-order valence-corrected chi connectivity index (χ4v) is 5.08. The van der Waals surface area contributed by atoms with Gasteiger partial charge in [0.15, 0.2) is 5.69 Å². The van der Waals surface area contributed by atoms with E-state index in [1.807, 2.05) is 48.7 Å². The third-order valence-electron chi connectivity index (χ3n) is 6.14. The summed E-state index contributed by atoms with van der Waals surface area (Å²) in [6.07, 6.45) is 1.68. The zero-order chi connectivity index (χ0) is 27.2. The summed E-state index contributed by atoms with van der Waals surface area (Å²) in [5.74, 6) is 0.499. The Kier molecular flexibility index (Phi) is 8.09. The topological polar surface area (TPSA) is 119 Å². The van der Waals surface area contributed by atoms with Crippen LogP contribution in [0.3, 0.4) is 0 Å². The Morgan fingerprint density at radius 3 is 2.59 bits per heavy atom. The molecule has 1 aliphatic rings. The molecule has 1 saturated heterocycles. The molecule has 4 aromatic rings. The van der Waals surface area contributed by atoms with E-state index in [2.05, 4.69) is 25.5 Å². The first-order chi connectivity index (χ1) is 19.1. The predicted molar refractivity (Wildman–Crippen MR) is 151 cm³/mol. The Bertz CT molecular complexity index is 1470. The second-order valence-electron chi connectivity index (χ2n) is 8.69. The van der Waals surface area contributed by atoms with Crippen LogP contribution in [0.5, 0.6) is 0 Å². The number of nitrogens with zero attached hydrogens (tertiary/aromatic N) is 4. The van der Waals surface area contributed by atoms with Crippen LogP contribution in [0.1, 0.15) is 17.4 Å². The number of esters is 1. The number of thiazole rings is 1. The molecule has 5 rings (SSSR count). The maximum Gasteiger partial charge on any atom is 0.356 e. The van der Waals surface area contributed by atoms with E-state index in [4.69, 9.17) is 14.5 Å². The largest absolute Gasteiger partial charge is 0.464 e. The van der Waals surface area contributed by atoms with Gasteiger partial charge in [-0.05, 0) is 30.7 Å². The molecule has 10 nitrogen and oxygen atoms in total. The Balaban J connectivity index is 1.63. The van der Waals surface area contributed by atoms with Crippen molar-refractivity contribution in [1.82, 2.24) is 20.3 Å². The monoisotopic (exact) mass is 544 g/mol. The number of urea groups is 1. The van der Waals surface area contributed by atoms with E-state index in [-0.39, 0.29) is 11.7 Å². The van der Waals surface area contributed by atoms with Gasteiger partial charge in [0.25, 0.3) is 0 Å². The maximum atomic E-state index is 12.6. The Labute approximate surface area is 230 Å². The molecule has 2 amide bonds. The van der Waals surface area contributed by atoms with Crippen molar-refractivity contribution in [3.05, 3.63) is 65.8 Å². The van der Waals surface area contributed by atoms with E-state index in [1.165, 1.54) is 18.4 Å². The van der Waals surface area contributed by atoms with Crippen LogP contribution in [0.25, 0.3) is 33.0 Å². The van der Waals surface area contributed by atoms with Gasteiger partial charge in [-0.1, -0.05) is 30.3 Å². The lowest BCUT2D eigenvalue weighted by Gasteiger charge is -2.28. The maximum absolute atomic E-state index is 12.6. The predicted octanol–water partition coefficient (Wildman–Crippen LogP) is 4.70. The highest BCUT2D eigenvalue weighted by Crippen LogP contribution is 2.38. The fourth-order valence-electron chi connectivity index (χ4n) is 4.23. The Hall–Kier alpha value is -4.35. The molecule has 1 fully saturated rings. The molecule has 1 aromatic carbocycles. The third-order valence-corrected chi connectivity index (χ3v) is 7.02. The van der Waals surface area contributed by atoms with Crippen molar-refractivity contribution in [1.29, 1.82) is 0 Å². The van der Waals surface area contributed by atoms with E-state index in [0.717, 1.165) is 33.0 Å². The summed E-state index contributed by atoms with van der Waals surface area (Å²) < 4.78 is 10.5. The molecule has 0 unspecified atom stereocenters. The molecule has 39 heavy (non-hydrogen) atoms. The number of anilines is 2. The summed E-state index contributed by atoms with van der Waals surface area (Å²) in [6, 6.07) is 15.0. The van der Waals surface area contributed by atoms with Crippen LogP contribution in [-0.2, 0) is 9.47 Å². The second kappa shape index (κ2) is 12.0. The smallest absolute Gasteiger partial charge is 0.356 e. The van der Waals surface area contributed by atoms with E-state index >= 15 is 0 Å². The summed E-state index contributed by atoms with van der Waals surface area (Å²) in [5, 5.41) is 8.24. The first-order valence-electron chi connectivity index (χ1n) is 12.6. The van der Waals surface area contributed by atoms with Gasteiger partial charge >= 0.3 is 12.0 Å². The number of ether oxygens (including phenoxy) is 2. The van der Waals surface area contributed by atoms with Crippen molar-refractivity contribution in [3.8, 4) is 33.0 Å². The standard InChI is InChI=1S/C28H28N6O4S/c1-3-29-28(36)33-24-15-20(26-32-23(17-39-26)18-7-5-4-6-8-18)21(16-30-24)19-13-22(27(35)37-2)31-25(14-19)34-9-11-38-12-10-34/h4-8,13-17H,3,9-12H2,1-2H3,(H2,29,30,33,36). The molecule has 0 saturated carbocycles. The number of methoxy groups -OCH3 is 1. The second-order valence-corrected chi connectivity index (χ2v) is 9.55. The van der Waals surface area contributed by atoms with Gasteiger partial charge in [0.05, 0.1) is 26.0 Å². The minimum absolute atomic E-state index is 0.191. The van der Waals surface area contributed by atoms with Crippen LogP contribution < -0.4 is 15.5 Å². The summed E-state index contributed by atoms with van der Waals surface area (Å²) in [4.78, 5) is 40.9. The lowest BCUT2D eigenvalue weighted by atomic mass is 10.0. The summed E-state index contributed by atoms with van der Waals surface area (Å²) in [7, 11) is 1.33. The number of benzene rings is 1. The van der Waals surface area contributed by atoms with Crippen molar-refractivity contribution < 1.29 is 19.1 Å². The summed E-state index contributed by atoms with van der Waals surface area (Å²) in [5.41, 5.74) is 4.27. The quantitative estimate of drug-likeness (QED) is 0.322. The van der Waals surface area contributed by atoms with Crippen molar-refractivity contribution in [2.24, 2.45) is 0 Å². The fraction of sp³-hybridized carbons (Fsp3) is 0.250. The van der Waals surface area contributed by atoms with Gasteiger partial charge < -0.3 is 19.7 Å². The molecular formula is C28H28N6O4S. The molecule has 200 valence electrons. The van der Waals surface area contributed by atoms with E-state index in [1.54, 1.807) is 18.3 Å². The SMILES string of the molecule is CCNC(=O)Nc1cc(-c2nc(-c3ccccc3)cs2)c(-c2cc(C(=O)OC)nc(N3CCOCC3)c2)cn1. The Morgan fingerprint density at radius 1 is 1.05 bits per heavy atom. The average Bonchev–Trinajstić information content (AvgIpc) is 3.48. The zero-order valence-corrected chi connectivity index (χ0v) is 22.5. The van der Waals surface area contributed by atoms with Gasteiger partial charge in [0.1, 0.15) is 16.6 Å². The lowest BCUT2D eigenvalue weighted by molar-refractivity contribution is 0.0594. The van der Waals surface area contributed by atoms with Crippen molar-refractivity contribution in [3.63, 3.8) is 0 Å². The van der Waals surface area contributed by atoms with Crippen molar-refractivity contribution in [2.75, 3.05) is 50.2 Å². The molecule has 2 N–H and O–H groups in total. The van der Waals surface area contributed by atoms with Gasteiger partial charge in [0.2, 0.25) is 0 Å². The van der Waals surface area contributed by atoms with Crippen LogP contribution in [-0.4, -0.2) is 66.9 Å². The highest BCUT2D eigenvalue weighted by atomic mass is 32.1. The van der Waals surface area contributed by atoms with Gasteiger partial charge in [0, 0.05) is 47.9 Å². The van der Waals surface area contributed by atoms with Gasteiger partial charge in [-0.3, -0.25) is 5.32 Å².